The molecule has 1 aliphatic rings. The molecule has 0 fully saturated rings. The van der Waals surface area contributed by atoms with E-state index in [4.69, 9.17) is 4.74 Å². The fourth-order valence-corrected chi connectivity index (χ4v) is 3.48. The third-order valence-electron chi connectivity index (χ3n) is 4.96. The van der Waals surface area contributed by atoms with Gasteiger partial charge in [0.1, 0.15) is 5.75 Å². The third-order valence-corrected chi connectivity index (χ3v) is 4.96. The number of anilines is 1. The molecule has 1 atom stereocenters. The molecule has 1 amide bonds. The molecule has 0 spiro atoms. The molecule has 0 bridgehead atoms. The van der Waals surface area contributed by atoms with Crippen LogP contribution in [0.15, 0.2) is 72.8 Å². The highest BCUT2D eigenvalue weighted by atomic mass is 16.6. The third kappa shape index (κ3) is 4.31. The maximum atomic E-state index is 12.7. The van der Waals surface area contributed by atoms with Gasteiger partial charge in [-0.3, -0.25) is 19.8 Å². The molecule has 30 heavy (non-hydrogen) atoms. The van der Waals surface area contributed by atoms with Gasteiger partial charge < -0.3 is 10.1 Å². The van der Waals surface area contributed by atoms with Crippen LogP contribution in [0.25, 0.3) is 0 Å². The first-order valence-corrected chi connectivity index (χ1v) is 9.59. The first-order valence-electron chi connectivity index (χ1n) is 9.59. The highest BCUT2D eigenvalue weighted by molar-refractivity contribution is 5.92. The van der Waals surface area contributed by atoms with Crippen molar-refractivity contribution in [3.8, 4) is 5.75 Å². The maximum absolute atomic E-state index is 12.7. The quantitative estimate of drug-likeness (QED) is 0.503. The number of rotatable bonds is 5. The zero-order valence-corrected chi connectivity index (χ0v) is 16.4. The van der Waals surface area contributed by atoms with Gasteiger partial charge in [0.15, 0.2) is 6.23 Å². The van der Waals surface area contributed by atoms with Crippen LogP contribution < -0.4 is 10.1 Å². The molecule has 1 N–H and O–H groups in total. The number of nitrogens with zero attached hydrogens (tertiary/aromatic N) is 2. The number of amides is 1. The minimum absolute atomic E-state index is 0.0148. The number of nitro benzene ring substituents is 1. The molecule has 152 valence electrons. The molecule has 0 aliphatic carbocycles. The van der Waals surface area contributed by atoms with Crippen molar-refractivity contribution in [1.82, 2.24) is 4.90 Å². The summed E-state index contributed by atoms with van der Waals surface area (Å²) in [4.78, 5) is 25.4. The molecule has 0 radical (unpaired) electrons. The number of carbonyl (C=O) groups is 1. The normalized spacial score (nSPS) is 15.7. The van der Waals surface area contributed by atoms with Gasteiger partial charge in [-0.25, -0.2) is 0 Å². The SMILES string of the molecule is Cc1ccc(NC(=O)CN2Cc3ccccc3OC2c2cccc([N+](=O)[O-])c2)cc1. The van der Waals surface area contributed by atoms with Crippen LogP contribution in [0.3, 0.4) is 0 Å². The molecule has 1 unspecified atom stereocenters. The predicted molar refractivity (Wildman–Crippen MR) is 113 cm³/mol. The number of para-hydroxylation sites is 1. The first kappa shape index (κ1) is 19.6. The largest absolute Gasteiger partial charge is 0.471 e. The number of hydrogen-bond donors (Lipinski definition) is 1. The average molecular weight is 403 g/mol. The Morgan fingerprint density at radius 2 is 1.90 bits per heavy atom. The van der Waals surface area contributed by atoms with Crippen molar-refractivity contribution in [3.05, 3.63) is 99.6 Å². The van der Waals surface area contributed by atoms with Gasteiger partial charge in [-0.05, 0) is 25.1 Å². The zero-order chi connectivity index (χ0) is 21.1. The summed E-state index contributed by atoms with van der Waals surface area (Å²) in [7, 11) is 0. The molecule has 3 aromatic rings. The van der Waals surface area contributed by atoms with E-state index in [9.17, 15) is 14.9 Å². The summed E-state index contributed by atoms with van der Waals surface area (Å²) in [5, 5.41) is 14.1. The second-order valence-electron chi connectivity index (χ2n) is 7.25. The van der Waals surface area contributed by atoms with Gasteiger partial charge in [-0.15, -0.1) is 0 Å². The Hall–Kier alpha value is -3.71. The minimum Gasteiger partial charge on any atom is -0.471 e. The second-order valence-corrected chi connectivity index (χ2v) is 7.25. The van der Waals surface area contributed by atoms with Crippen molar-refractivity contribution in [2.24, 2.45) is 0 Å². The van der Waals surface area contributed by atoms with Crippen LogP contribution in [0.1, 0.15) is 22.9 Å². The van der Waals surface area contributed by atoms with Crippen molar-refractivity contribution in [2.75, 3.05) is 11.9 Å². The van der Waals surface area contributed by atoms with Gasteiger partial charge >= 0.3 is 0 Å². The van der Waals surface area contributed by atoms with Crippen LogP contribution in [0.4, 0.5) is 11.4 Å². The summed E-state index contributed by atoms with van der Waals surface area (Å²) >= 11 is 0. The van der Waals surface area contributed by atoms with E-state index in [1.807, 2.05) is 60.4 Å². The Kier molecular flexibility index (Phi) is 5.45. The molecule has 0 saturated carbocycles. The Balaban J connectivity index is 1.59. The van der Waals surface area contributed by atoms with E-state index in [-0.39, 0.29) is 18.1 Å². The topological polar surface area (TPSA) is 84.7 Å². The Bertz CT molecular complexity index is 1080. The number of hydrogen-bond acceptors (Lipinski definition) is 5. The average Bonchev–Trinajstić information content (AvgIpc) is 2.75. The number of non-ortho nitro benzene ring substituents is 1. The summed E-state index contributed by atoms with van der Waals surface area (Å²) in [6.07, 6.45) is -0.608. The number of ether oxygens (including phenoxy) is 1. The molecule has 0 saturated heterocycles. The highest BCUT2D eigenvalue weighted by Crippen LogP contribution is 2.35. The minimum atomic E-state index is -0.608. The Morgan fingerprint density at radius 3 is 2.67 bits per heavy atom. The van der Waals surface area contributed by atoms with E-state index >= 15 is 0 Å². The van der Waals surface area contributed by atoms with Crippen LogP contribution in [0, 0.1) is 17.0 Å². The smallest absolute Gasteiger partial charge is 0.269 e. The number of carbonyl (C=O) groups excluding carboxylic acids is 1. The molecule has 1 aliphatic heterocycles. The Morgan fingerprint density at radius 1 is 1.13 bits per heavy atom. The molecule has 3 aromatic carbocycles. The van der Waals surface area contributed by atoms with Crippen LogP contribution in [-0.2, 0) is 11.3 Å². The zero-order valence-electron chi connectivity index (χ0n) is 16.4. The van der Waals surface area contributed by atoms with E-state index < -0.39 is 11.2 Å². The molecule has 1 heterocycles. The monoisotopic (exact) mass is 403 g/mol. The van der Waals surface area contributed by atoms with Gasteiger partial charge in [-0.1, -0.05) is 48.0 Å². The lowest BCUT2D eigenvalue weighted by Crippen LogP contribution is -2.40. The fraction of sp³-hybridized carbons (Fsp3) is 0.174. The molecular weight excluding hydrogens is 382 g/mol. The number of aryl methyl sites for hydroxylation is 1. The standard InChI is InChI=1S/C23H21N3O4/c1-16-9-11-19(12-10-16)24-22(27)15-25-14-18-5-2-3-8-21(18)30-23(25)17-6-4-7-20(13-17)26(28)29/h2-13,23H,14-15H2,1H3,(H,24,27). The summed E-state index contributed by atoms with van der Waals surface area (Å²) in [5.41, 5.74) is 3.40. The predicted octanol–water partition coefficient (Wildman–Crippen LogP) is 4.44. The van der Waals surface area contributed by atoms with Crippen molar-refractivity contribution < 1.29 is 14.5 Å². The van der Waals surface area contributed by atoms with Gasteiger partial charge in [0.05, 0.1) is 11.5 Å². The molecule has 7 nitrogen and oxygen atoms in total. The van der Waals surface area contributed by atoms with Crippen molar-refractivity contribution in [1.29, 1.82) is 0 Å². The second kappa shape index (κ2) is 8.34. The lowest BCUT2D eigenvalue weighted by molar-refractivity contribution is -0.385. The van der Waals surface area contributed by atoms with E-state index in [0.717, 1.165) is 16.8 Å². The van der Waals surface area contributed by atoms with Crippen LogP contribution in [0.2, 0.25) is 0 Å². The molecule has 0 aromatic heterocycles. The van der Waals surface area contributed by atoms with Gasteiger partial charge in [0.25, 0.3) is 5.69 Å². The number of fused-ring (bicyclic) bond motifs is 1. The van der Waals surface area contributed by atoms with Crippen molar-refractivity contribution in [2.45, 2.75) is 19.7 Å². The molecular formula is C23H21N3O4. The number of nitro groups is 1. The fourth-order valence-electron chi connectivity index (χ4n) is 3.48. The van der Waals surface area contributed by atoms with Gasteiger partial charge in [0, 0.05) is 35.5 Å². The van der Waals surface area contributed by atoms with Crippen molar-refractivity contribution in [3.63, 3.8) is 0 Å². The lowest BCUT2D eigenvalue weighted by Gasteiger charge is -2.36. The molecule has 4 rings (SSSR count). The summed E-state index contributed by atoms with van der Waals surface area (Å²) in [6.45, 7) is 2.55. The first-order chi connectivity index (χ1) is 14.5. The summed E-state index contributed by atoms with van der Waals surface area (Å²) in [6, 6.07) is 21.5. The van der Waals surface area contributed by atoms with Crippen LogP contribution in [0.5, 0.6) is 5.75 Å². The van der Waals surface area contributed by atoms with E-state index in [2.05, 4.69) is 5.32 Å². The van der Waals surface area contributed by atoms with E-state index in [0.29, 0.717) is 17.9 Å². The number of nitrogens with one attached hydrogen (secondary N) is 1. The maximum Gasteiger partial charge on any atom is 0.269 e. The highest BCUT2D eigenvalue weighted by Gasteiger charge is 2.31. The summed E-state index contributed by atoms with van der Waals surface area (Å²) in [5.74, 6) is 0.529. The van der Waals surface area contributed by atoms with Gasteiger partial charge in [-0.2, -0.15) is 0 Å². The van der Waals surface area contributed by atoms with E-state index in [1.165, 1.54) is 12.1 Å². The Labute approximate surface area is 174 Å². The molecule has 7 heteroatoms. The van der Waals surface area contributed by atoms with Crippen LogP contribution in [-0.4, -0.2) is 22.3 Å². The van der Waals surface area contributed by atoms with Gasteiger partial charge in [0.2, 0.25) is 5.91 Å². The summed E-state index contributed by atoms with van der Waals surface area (Å²) < 4.78 is 6.16. The van der Waals surface area contributed by atoms with E-state index in [1.54, 1.807) is 12.1 Å². The number of benzene rings is 3. The lowest BCUT2D eigenvalue weighted by atomic mass is 10.1. The van der Waals surface area contributed by atoms with Crippen molar-refractivity contribution >= 4 is 17.3 Å². The van der Waals surface area contributed by atoms with Crippen LogP contribution >= 0.6 is 0 Å².